The van der Waals surface area contributed by atoms with E-state index >= 15 is 0 Å². The molecular formula is C16H19N3O. The number of nitrogens with two attached hydrogens (primary N) is 1. The molecule has 0 unspecified atom stereocenters. The van der Waals surface area contributed by atoms with Gasteiger partial charge in [0.15, 0.2) is 0 Å². The summed E-state index contributed by atoms with van der Waals surface area (Å²) < 4.78 is 0. The monoisotopic (exact) mass is 269 g/mol. The maximum absolute atomic E-state index is 12.2. The van der Waals surface area contributed by atoms with E-state index in [9.17, 15) is 4.79 Å². The standard InChI is InChI=1S/C16H19N3O/c1-10(2)12-4-6-13(7-5-12)16(20)19-15-11(3)8-14(17)9-18-15/h4-10H,17H2,1-3H3,(H,18,19,20). The van der Waals surface area contributed by atoms with Crippen molar-refractivity contribution in [1.82, 2.24) is 4.98 Å². The summed E-state index contributed by atoms with van der Waals surface area (Å²) in [4.78, 5) is 16.3. The number of hydrogen-bond acceptors (Lipinski definition) is 3. The Labute approximate surface area is 119 Å². The van der Waals surface area contributed by atoms with Gasteiger partial charge in [-0.05, 0) is 42.2 Å². The lowest BCUT2D eigenvalue weighted by molar-refractivity contribution is 0.102. The van der Waals surface area contributed by atoms with Gasteiger partial charge in [0, 0.05) is 5.56 Å². The molecule has 1 heterocycles. The summed E-state index contributed by atoms with van der Waals surface area (Å²) in [7, 11) is 0. The lowest BCUT2D eigenvalue weighted by atomic mass is 10.0. The van der Waals surface area contributed by atoms with Crippen LogP contribution in [0.1, 0.15) is 41.3 Å². The van der Waals surface area contributed by atoms with E-state index in [-0.39, 0.29) is 5.91 Å². The van der Waals surface area contributed by atoms with Crippen molar-refractivity contribution < 1.29 is 4.79 Å². The Kier molecular flexibility index (Phi) is 4.03. The molecule has 0 aliphatic heterocycles. The number of rotatable bonds is 3. The predicted octanol–water partition coefficient (Wildman–Crippen LogP) is 3.35. The van der Waals surface area contributed by atoms with Gasteiger partial charge in [-0.25, -0.2) is 4.98 Å². The summed E-state index contributed by atoms with van der Waals surface area (Å²) in [6.45, 7) is 6.11. The van der Waals surface area contributed by atoms with Crippen molar-refractivity contribution in [3.63, 3.8) is 0 Å². The van der Waals surface area contributed by atoms with Crippen molar-refractivity contribution in [2.45, 2.75) is 26.7 Å². The summed E-state index contributed by atoms with van der Waals surface area (Å²) in [5, 5.41) is 2.80. The molecule has 0 aliphatic rings. The minimum Gasteiger partial charge on any atom is -0.397 e. The largest absolute Gasteiger partial charge is 0.397 e. The molecule has 104 valence electrons. The van der Waals surface area contributed by atoms with Crippen LogP contribution in [0.2, 0.25) is 0 Å². The summed E-state index contributed by atoms with van der Waals surface area (Å²) in [6.07, 6.45) is 1.53. The second-order valence-corrected chi connectivity index (χ2v) is 5.16. The molecule has 1 amide bonds. The van der Waals surface area contributed by atoms with Gasteiger partial charge in [-0.3, -0.25) is 4.79 Å². The molecule has 20 heavy (non-hydrogen) atoms. The summed E-state index contributed by atoms with van der Waals surface area (Å²) >= 11 is 0. The number of aryl methyl sites for hydroxylation is 1. The number of carbonyl (C=O) groups is 1. The minimum atomic E-state index is -0.166. The van der Waals surface area contributed by atoms with E-state index in [0.717, 1.165) is 5.56 Å². The first-order chi connectivity index (χ1) is 9.47. The van der Waals surface area contributed by atoms with Gasteiger partial charge in [-0.1, -0.05) is 26.0 Å². The van der Waals surface area contributed by atoms with Crippen LogP contribution in [0.5, 0.6) is 0 Å². The fraction of sp³-hybridized carbons (Fsp3) is 0.250. The predicted molar refractivity (Wildman–Crippen MR) is 81.9 cm³/mol. The van der Waals surface area contributed by atoms with Crippen LogP contribution in [-0.2, 0) is 0 Å². The van der Waals surface area contributed by atoms with E-state index in [1.54, 1.807) is 6.07 Å². The molecule has 0 radical (unpaired) electrons. The molecule has 0 aliphatic carbocycles. The van der Waals surface area contributed by atoms with Crippen molar-refractivity contribution in [1.29, 1.82) is 0 Å². The minimum absolute atomic E-state index is 0.166. The van der Waals surface area contributed by atoms with Crippen molar-refractivity contribution in [3.05, 3.63) is 53.2 Å². The normalized spacial score (nSPS) is 10.6. The highest BCUT2D eigenvalue weighted by molar-refractivity contribution is 6.04. The topological polar surface area (TPSA) is 68.0 Å². The maximum atomic E-state index is 12.2. The smallest absolute Gasteiger partial charge is 0.256 e. The second kappa shape index (κ2) is 5.74. The SMILES string of the molecule is Cc1cc(N)cnc1NC(=O)c1ccc(C(C)C)cc1. The van der Waals surface area contributed by atoms with E-state index in [4.69, 9.17) is 5.73 Å². The quantitative estimate of drug-likeness (QED) is 0.897. The van der Waals surface area contributed by atoms with Crippen LogP contribution in [0.25, 0.3) is 0 Å². The van der Waals surface area contributed by atoms with Gasteiger partial charge in [-0.15, -0.1) is 0 Å². The zero-order chi connectivity index (χ0) is 14.7. The van der Waals surface area contributed by atoms with Crippen molar-refractivity contribution >= 4 is 17.4 Å². The average Bonchev–Trinajstić information content (AvgIpc) is 2.42. The van der Waals surface area contributed by atoms with Crippen LogP contribution in [0, 0.1) is 6.92 Å². The van der Waals surface area contributed by atoms with Gasteiger partial charge in [-0.2, -0.15) is 0 Å². The van der Waals surface area contributed by atoms with E-state index in [2.05, 4.69) is 24.1 Å². The molecule has 3 N–H and O–H groups in total. The van der Waals surface area contributed by atoms with Crippen molar-refractivity contribution in [2.24, 2.45) is 0 Å². The third-order valence-corrected chi connectivity index (χ3v) is 3.17. The van der Waals surface area contributed by atoms with Crippen LogP contribution in [0.4, 0.5) is 11.5 Å². The lowest BCUT2D eigenvalue weighted by Gasteiger charge is -2.09. The van der Waals surface area contributed by atoms with Crippen LogP contribution in [0.15, 0.2) is 36.5 Å². The molecule has 0 bridgehead atoms. The molecule has 4 heteroatoms. The zero-order valence-corrected chi connectivity index (χ0v) is 12.0. The van der Waals surface area contributed by atoms with E-state index < -0.39 is 0 Å². The first kappa shape index (κ1) is 14.1. The molecule has 1 aromatic carbocycles. The molecule has 0 saturated carbocycles. The Morgan fingerprint density at radius 1 is 1.25 bits per heavy atom. The molecule has 0 spiro atoms. The fourth-order valence-corrected chi connectivity index (χ4v) is 1.93. The Morgan fingerprint density at radius 3 is 2.45 bits per heavy atom. The molecule has 0 atom stereocenters. The lowest BCUT2D eigenvalue weighted by Crippen LogP contribution is -2.14. The first-order valence-electron chi connectivity index (χ1n) is 6.61. The first-order valence-corrected chi connectivity index (χ1v) is 6.61. The van der Waals surface area contributed by atoms with Gasteiger partial charge in [0.05, 0.1) is 11.9 Å². The maximum Gasteiger partial charge on any atom is 0.256 e. The molecule has 0 fully saturated rings. The molecule has 2 aromatic rings. The zero-order valence-electron chi connectivity index (χ0n) is 12.0. The summed E-state index contributed by atoms with van der Waals surface area (Å²) in [5.41, 5.74) is 8.90. The number of benzene rings is 1. The fourth-order valence-electron chi connectivity index (χ4n) is 1.93. The van der Waals surface area contributed by atoms with Crippen molar-refractivity contribution in [3.8, 4) is 0 Å². The number of anilines is 2. The van der Waals surface area contributed by atoms with Gasteiger partial charge in [0.2, 0.25) is 0 Å². The number of nitrogen functional groups attached to an aromatic ring is 1. The number of aromatic nitrogens is 1. The number of amides is 1. The van der Waals surface area contributed by atoms with Gasteiger partial charge in [0.1, 0.15) is 5.82 Å². The second-order valence-electron chi connectivity index (χ2n) is 5.16. The molecule has 2 rings (SSSR count). The molecule has 0 saturated heterocycles. The number of nitrogens with zero attached hydrogens (tertiary/aromatic N) is 1. The molecular weight excluding hydrogens is 250 g/mol. The van der Waals surface area contributed by atoms with Gasteiger partial charge < -0.3 is 11.1 Å². The van der Waals surface area contributed by atoms with Crippen LogP contribution in [0.3, 0.4) is 0 Å². The highest BCUT2D eigenvalue weighted by atomic mass is 16.1. The highest BCUT2D eigenvalue weighted by Crippen LogP contribution is 2.17. The van der Waals surface area contributed by atoms with Gasteiger partial charge in [0.25, 0.3) is 5.91 Å². The third kappa shape index (κ3) is 3.15. The Balaban J connectivity index is 2.15. The number of pyridine rings is 1. The Hall–Kier alpha value is -2.36. The molecule has 1 aromatic heterocycles. The number of hydrogen-bond donors (Lipinski definition) is 2. The van der Waals surface area contributed by atoms with Crippen LogP contribution in [-0.4, -0.2) is 10.9 Å². The summed E-state index contributed by atoms with van der Waals surface area (Å²) in [5.74, 6) is 0.825. The summed E-state index contributed by atoms with van der Waals surface area (Å²) in [6, 6.07) is 9.39. The van der Waals surface area contributed by atoms with E-state index in [1.807, 2.05) is 31.2 Å². The Bertz CT molecular complexity index is 618. The molecule has 4 nitrogen and oxygen atoms in total. The van der Waals surface area contributed by atoms with Crippen LogP contribution >= 0.6 is 0 Å². The average molecular weight is 269 g/mol. The highest BCUT2D eigenvalue weighted by Gasteiger charge is 2.09. The van der Waals surface area contributed by atoms with Crippen LogP contribution < -0.4 is 11.1 Å². The third-order valence-electron chi connectivity index (χ3n) is 3.17. The number of carbonyl (C=O) groups excluding carboxylic acids is 1. The Morgan fingerprint density at radius 2 is 1.90 bits per heavy atom. The van der Waals surface area contributed by atoms with Gasteiger partial charge >= 0.3 is 0 Å². The van der Waals surface area contributed by atoms with E-state index in [0.29, 0.717) is 23.0 Å². The van der Waals surface area contributed by atoms with Crippen molar-refractivity contribution in [2.75, 3.05) is 11.1 Å². The number of nitrogens with one attached hydrogen (secondary N) is 1. The van der Waals surface area contributed by atoms with E-state index in [1.165, 1.54) is 11.8 Å².